The number of nitrogens with zero attached hydrogens (tertiary/aromatic N) is 2. The standard InChI is InChI=1S/C16H22N2O4/c1-7-11-15(9-3,21-13(5)19)17-18-16(10-4,12-8-2)22-14(6)20/h7-10H,1-4,11-12H2,5-6H3/b18-17+. The Kier molecular flexibility index (Phi) is 7.72. The van der Waals surface area contributed by atoms with Gasteiger partial charge in [-0.1, -0.05) is 25.3 Å². The van der Waals surface area contributed by atoms with Crippen LogP contribution >= 0.6 is 0 Å². The zero-order valence-corrected chi connectivity index (χ0v) is 13.1. The van der Waals surface area contributed by atoms with Crippen molar-refractivity contribution in [2.24, 2.45) is 10.2 Å². The molecule has 2 atom stereocenters. The summed E-state index contributed by atoms with van der Waals surface area (Å²) in [4.78, 5) is 22.5. The smallest absolute Gasteiger partial charge is 0.305 e. The molecule has 0 amide bonds. The third-order valence-corrected chi connectivity index (χ3v) is 2.54. The highest BCUT2D eigenvalue weighted by Gasteiger charge is 2.33. The molecule has 120 valence electrons. The maximum atomic E-state index is 11.3. The van der Waals surface area contributed by atoms with E-state index in [4.69, 9.17) is 9.47 Å². The fraction of sp³-hybridized carbons (Fsp3) is 0.375. The van der Waals surface area contributed by atoms with Crippen LogP contribution in [-0.2, 0) is 19.1 Å². The molecule has 0 heterocycles. The van der Waals surface area contributed by atoms with Crippen molar-refractivity contribution >= 4 is 11.9 Å². The number of hydrogen-bond acceptors (Lipinski definition) is 6. The minimum Gasteiger partial charge on any atom is -0.431 e. The summed E-state index contributed by atoms with van der Waals surface area (Å²) < 4.78 is 10.3. The van der Waals surface area contributed by atoms with Crippen LogP contribution in [0.4, 0.5) is 0 Å². The highest BCUT2D eigenvalue weighted by molar-refractivity contribution is 5.67. The van der Waals surface area contributed by atoms with E-state index in [9.17, 15) is 9.59 Å². The predicted octanol–water partition coefficient (Wildman–Crippen LogP) is 3.48. The van der Waals surface area contributed by atoms with Gasteiger partial charge in [-0.2, -0.15) is 0 Å². The molecule has 6 heteroatoms. The Bertz CT molecular complexity index is 454. The SMILES string of the molecule is C=CCC(C=C)(/N=N/C(C=C)(CC=C)OC(C)=O)OC(C)=O. The summed E-state index contributed by atoms with van der Waals surface area (Å²) in [5, 5.41) is 8.03. The lowest BCUT2D eigenvalue weighted by molar-refractivity contribution is -0.156. The Morgan fingerprint density at radius 3 is 1.36 bits per heavy atom. The number of hydrogen-bond donors (Lipinski definition) is 0. The quantitative estimate of drug-likeness (QED) is 0.352. The van der Waals surface area contributed by atoms with Crippen molar-refractivity contribution in [3.05, 3.63) is 50.6 Å². The molecule has 0 rings (SSSR count). The lowest BCUT2D eigenvalue weighted by atomic mass is 10.1. The molecule has 2 unspecified atom stereocenters. The van der Waals surface area contributed by atoms with Gasteiger partial charge in [0.1, 0.15) is 0 Å². The second kappa shape index (κ2) is 8.71. The van der Waals surface area contributed by atoms with Crippen LogP contribution in [0, 0.1) is 0 Å². The Morgan fingerprint density at radius 2 is 1.18 bits per heavy atom. The third kappa shape index (κ3) is 5.87. The van der Waals surface area contributed by atoms with E-state index in [2.05, 4.69) is 36.5 Å². The van der Waals surface area contributed by atoms with E-state index >= 15 is 0 Å². The number of rotatable bonds is 10. The monoisotopic (exact) mass is 306 g/mol. The fourth-order valence-electron chi connectivity index (χ4n) is 1.62. The summed E-state index contributed by atoms with van der Waals surface area (Å²) in [5.74, 6) is -1.11. The van der Waals surface area contributed by atoms with E-state index in [1.165, 1.54) is 38.2 Å². The molecule has 0 N–H and O–H groups in total. The molecule has 0 aliphatic heterocycles. The highest BCUT2D eigenvalue weighted by atomic mass is 16.6. The summed E-state index contributed by atoms with van der Waals surface area (Å²) in [6.07, 6.45) is 6.02. The highest BCUT2D eigenvalue weighted by Crippen LogP contribution is 2.27. The first-order chi connectivity index (χ1) is 10.3. The molecule has 0 bridgehead atoms. The van der Waals surface area contributed by atoms with Crippen LogP contribution < -0.4 is 0 Å². The van der Waals surface area contributed by atoms with Gasteiger partial charge in [-0.3, -0.25) is 9.59 Å². The van der Waals surface area contributed by atoms with Crippen molar-refractivity contribution in [1.29, 1.82) is 0 Å². The van der Waals surface area contributed by atoms with Gasteiger partial charge in [0.05, 0.1) is 0 Å². The van der Waals surface area contributed by atoms with Gasteiger partial charge >= 0.3 is 11.9 Å². The van der Waals surface area contributed by atoms with E-state index in [0.717, 1.165) is 0 Å². The minimum absolute atomic E-state index is 0.168. The van der Waals surface area contributed by atoms with Crippen LogP contribution in [0.5, 0.6) is 0 Å². The summed E-state index contributed by atoms with van der Waals surface area (Å²) in [6.45, 7) is 16.9. The lowest BCUT2D eigenvalue weighted by Gasteiger charge is -2.27. The van der Waals surface area contributed by atoms with E-state index in [-0.39, 0.29) is 12.8 Å². The first kappa shape index (κ1) is 19.5. The Morgan fingerprint density at radius 1 is 0.864 bits per heavy atom. The maximum Gasteiger partial charge on any atom is 0.305 e. The maximum absolute atomic E-state index is 11.3. The zero-order chi connectivity index (χ0) is 17.2. The first-order valence-corrected chi connectivity index (χ1v) is 6.61. The first-order valence-electron chi connectivity index (χ1n) is 6.61. The molecule has 0 aliphatic carbocycles. The predicted molar refractivity (Wildman–Crippen MR) is 83.9 cm³/mol. The largest absolute Gasteiger partial charge is 0.431 e. The summed E-state index contributed by atoms with van der Waals surface area (Å²) >= 11 is 0. The Balaban J connectivity index is 5.71. The second-order valence-electron chi connectivity index (χ2n) is 4.47. The van der Waals surface area contributed by atoms with Crippen LogP contribution in [0.3, 0.4) is 0 Å². The van der Waals surface area contributed by atoms with Crippen LogP contribution in [-0.4, -0.2) is 23.4 Å². The van der Waals surface area contributed by atoms with Crippen molar-refractivity contribution in [3.8, 4) is 0 Å². The summed E-state index contributed by atoms with van der Waals surface area (Å²) in [5.41, 5.74) is -2.83. The van der Waals surface area contributed by atoms with Gasteiger partial charge in [0.25, 0.3) is 0 Å². The molecule has 0 radical (unpaired) electrons. The van der Waals surface area contributed by atoms with Gasteiger partial charge in [0.15, 0.2) is 0 Å². The van der Waals surface area contributed by atoms with Gasteiger partial charge in [-0.05, 0) is 12.2 Å². The average molecular weight is 306 g/mol. The molecule has 0 aromatic rings. The average Bonchev–Trinajstić information content (AvgIpc) is 2.44. The normalized spacial score (nSPS) is 15.9. The van der Waals surface area contributed by atoms with Gasteiger partial charge < -0.3 is 9.47 Å². The van der Waals surface area contributed by atoms with Crippen LogP contribution in [0.25, 0.3) is 0 Å². The van der Waals surface area contributed by atoms with E-state index in [1.54, 1.807) is 0 Å². The number of carbonyl (C=O) groups excluding carboxylic acids is 2. The molecule has 0 spiro atoms. The molecule has 0 saturated heterocycles. The fourth-order valence-corrected chi connectivity index (χ4v) is 1.62. The number of carbonyl (C=O) groups is 2. The zero-order valence-electron chi connectivity index (χ0n) is 13.1. The molecule has 0 aromatic carbocycles. The van der Waals surface area contributed by atoms with E-state index in [1.807, 2.05) is 0 Å². The van der Waals surface area contributed by atoms with Gasteiger partial charge in [0, 0.05) is 26.7 Å². The van der Waals surface area contributed by atoms with Crippen molar-refractivity contribution in [2.75, 3.05) is 0 Å². The molecular weight excluding hydrogens is 284 g/mol. The van der Waals surface area contributed by atoms with Gasteiger partial charge in [-0.25, -0.2) is 0 Å². The van der Waals surface area contributed by atoms with Crippen molar-refractivity contribution in [3.63, 3.8) is 0 Å². The van der Waals surface area contributed by atoms with E-state index < -0.39 is 23.4 Å². The molecule has 0 aliphatic rings. The van der Waals surface area contributed by atoms with Crippen LogP contribution in [0.2, 0.25) is 0 Å². The topological polar surface area (TPSA) is 77.3 Å². The van der Waals surface area contributed by atoms with E-state index in [0.29, 0.717) is 0 Å². The van der Waals surface area contributed by atoms with Gasteiger partial charge in [-0.15, -0.1) is 23.4 Å². The van der Waals surface area contributed by atoms with Gasteiger partial charge in [0.2, 0.25) is 11.4 Å². The third-order valence-electron chi connectivity index (χ3n) is 2.54. The molecule has 0 fully saturated rings. The lowest BCUT2D eigenvalue weighted by Crippen LogP contribution is -2.33. The number of azo groups is 1. The second-order valence-corrected chi connectivity index (χ2v) is 4.47. The van der Waals surface area contributed by atoms with Crippen LogP contribution in [0.15, 0.2) is 60.8 Å². The molecular formula is C16H22N2O4. The number of esters is 2. The van der Waals surface area contributed by atoms with Crippen molar-refractivity contribution < 1.29 is 19.1 Å². The minimum atomic E-state index is -1.41. The summed E-state index contributed by atoms with van der Waals surface area (Å²) in [6, 6.07) is 0. The number of ether oxygens (including phenoxy) is 2. The molecule has 22 heavy (non-hydrogen) atoms. The Labute approximate surface area is 130 Å². The molecule has 6 nitrogen and oxygen atoms in total. The molecule has 0 aromatic heterocycles. The van der Waals surface area contributed by atoms with Crippen molar-refractivity contribution in [1.82, 2.24) is 0 Å². The van der Waals surface area contributed by atoms with Crippen LogP contribution in [0.1, 0.15) is 26.7 Å². The Hall–Kier alpha value is -2.50. The summed E-state index contributed by atoms with van der Waals surface area (Å²) in [7, 11) is 0. The molecule has 0 saturated carbocycles. The van der Waals surface area contributed by atoms with Crippen molar-refractivity contribution in [2.45, 2.75) is 38.1 Å².